The van der Waals surface area contributed by atoms with Gasteiger partial charge in [-0.1, -0.05) is 6.58 Å². The van der Waals surface area contributed by atoms with Gasteiger partial charge in [0.15, 0.2) is 5.82 Å². The Morgan fingerprint density at radius 2 is 2.27 bits per heavy atom. The second kappa shape index (κ2) is 4.00. The molecule has 2 aromatic rings. The molecule has 2 rings (SSSR count). The monoisotopic (exact) mass is 204 g/mol. The molecule has 2 heterocycles. The smallest absolute Gasteiger partial charge is 0.156 e. The zero-order chi connectivity index (χ0) is 10.7. The third kappa shape index (κ3) is 2.25. The molecule has 0 fully saturated rings. The maximum Gasteiger partial charge on any atom is 0.156 e. The van der Waals surface area contributed by atoms with Crippen LogP contribution < -0.4 is 0 Å². The number of aromatic nitrogens is 4. The predicted octanol–water partition coefficient (Wildman–Crippen LogP) is 1.69. The normalized spacial score (nSPS) is 10.2. The highest BCUT2D eigenvalue weighted by Gasteiger charge is 2.02. The first-order valence-electron chi connectivity index (χ1n) is 4.38. The Morgan fingerprint density at radius 1 is 1.40 bits per heavy atom. The van der Waals surface area contributed by atoms with Crippen molar-refractivity contribution in [3.05, 3.63) is 49.2 Å². The van der Waals surface area contributed by atoms with Crippen LogP contribution in [0.5, 0.6) is 0 Å². The van der Waals surface area contributed by atoms with E-state index >= 15 is 0 Å². The first-order chi connectivity index (χ1) is 7.25. The molecule has 0 aliphatic heterocycles. The van der Waals surface area contributed by atoms with Crippen molar-refractivity contribution in [3.8, 4) is 5.82 Å². The van der Waals surface area contributed by atoms with Crippen LogP contribution in [-0.4, -0.2) is 19.5 Å². The van der Waals surface area contributed by atoms with Gasteiger partial charge in [0.2, 0.25) is 0 Å². The maximum absolute atomic E-state index is 12.5. The van der Waals surface area contributed by atoms with Gasteiger partial charge < -0.3 is 0 Å². The highest BCUT2D eigenvalue weighted by molar-refractivity contribution is 5.19. The minimum absolute atomic E-state index is 0.132. The first kappa shape index (κ1) is 9.51. The van der Waals surface area contributed by atoms with Crippen molar-refractivity contribution in [1.82, 2.24) is 19.5 Å². The Balaban J connectivity index is 2.24. The van der Waals surface area contributed by atoms with E-state index in [1.807, 2.05) is 0 Å². The molecule has 0 saturated heterocycles. The van der Waals surface area contributed by atoms with Crippen molar-refractivity contribution in [2.24, 2.45) is 0 Å². The standard InChI is InChI=1S/C10H9FN4/c1-8(11)4-9-6-15(7-14-9)10-5-12-2-3-13-10/h2-3,5-7H,1,4H2. The maximum atomic E-state index is 12.5. The molecule has 0 unspecified atom stereocenters. The van der Waals surface area contributed by atoms with E-state index in [1.54, 1.807) is 35.7 Å². The Bertz CT molecular complexity index is 463. The van der Waals surface area contributed by atoms with E-state index in [-0.39, 0.29) is 6.42 Å². The summed E-state index contributed by atoms with van der Waals surface area (Å²) in [7, 11) is 0. The molecule has 0 radical (unpaired) electrons. The first-order valence-corrected chi connectivity index (χ1v) is 4.38. The lowest BCUT2D eigenvalue weighted by Gasteiger charge is -1.97. The van der Waals surface area contributed by atoms with E-state index in [4.69, 9.17) is 0 Å². The Hall–Kier alpha value is -2.04. The van der Waals surface area contributed by atoms with Gasteiger partial charge in [0.1, 0.15) is 6.33 Å². The van der Waals surface area contributed by atoms with E-state index in [9.17, 15) is 4.39 Å². The summed E-state index contributed by atoms with van der Waals surface area (Å²) in [4.78, 5) is 12.0. The zero-order valence-electron chi connectivity index (χ0n) is 7.97. The fourth-order valence-electron chi connectivity index (χ4n) is 1.20. The summed E-state index contributed by atoms with van der Waals surface area (Å²) in [6, 6.07) is 0. The Morgan fingerprint density at radius 3 is 2.93 bits per heavy atom. The third-order valence-electron chi connectivity index (χ3n) is 1.82. The summed E-state index contributed by atoms with van der Waals surface area (Å²) >= 11 is 0. The van der Waals surface area contributed by atoms with Crippen molar-refractivity contribution in [1.29, 1.82) is 0 Å². The number of hydrogen-bond donors (Lipinski definition) is 0. The topological polar surface area (TPSA) is 43.6 Å². The lowest BCUT2D eigenvalue weighted by molar-refractivity contribution is 0.613. The third-order valence-corrected chi connectivity index (χ3v) is 1.82. The highest BCUT2D eigenvalue weighted by atomic mass is 19.1. The van der Waals surface area contributed by atoms with E-state index in [1.165, 1.54) is 0 Å². The molecule has 0 aliphatic rings. The number of imidazole rings is 1. The fraction of sp³-hybridized carbons (Fsp3) is 0.100. The minimum Gasteiger partial charge on any atom is -0.289 e. The van der Waals surface area contributed by atoms with Crippen LogP contribution >= 0.6 is 0 Å². The van der Waals surface area contributed by atoms with E-state index in [2.05, 4.69) is 21.5 Å². The van der Waals surface area contributed by atoms with E-state index in [0.717, 1.165) is 0 Å². The van der Waals surface area contributed by atoms with Gasteiger partial charge in [-0.15, -0.1) is 0 Å². The molecular formula is C10H9FN4. The fourth-order valence-corrected chi connectivity index (χ4v) is 1.20. The number of rotatable bonds is 3. The summed E-state index contributed by atoms with van der Waals surface area (Å²) in [5, 5.41) is 0. The molecule has 0 saturated carbocycles. The largest absolute Gasteiger partial charge is 0.289 e. The molecule has 0 amide bonds. The average Bonchev–Trinajstić information content (AvgIpc) is 2.67. The van der Waals surface area contributed by atoms with Crippen molar-refractivity contribution < 1.29 is 4.39 Å². The van der Waals surface area contributed by atoms with Crippen LogP contribution in [0.4, 0.5) is 4.39 Å². The average molecular weight is 204 g/mol. The summed E-state index contributed by atoms with van der Waals surface area (Å²) in [5.74, 6) is 0.250. The van der Waals surface area contributed by atoms with Gasteiger partial charge in [-0.2, -0.15) is 0 Å². The Kier molecular flexibility index (Phi) is 2.53. The van der Waals surface area contributed by atoms with Gasteiger partial charge >= 0.3 is 0 Å². The number of halogens is 1. The van der Waals surface area contributed by atoms with Crippen LogP contribution in [0.25, 0.3) is 5.82 Å². The zero-order valence-corrected chi connectivity index (χ0v) is 7.97. The van der Waals surface area contributed by atoms with Gasteiger partial charge in [-0.25, -0.2) is 14.4 Å². The molecule has 0 aliphatic carbocycles. The predicted molar refractivity (Wildman–Crippen MR) is 53.1 cm³/mol. The van der Waals surface area contributed by atoms with E-state index in [0.29, 0.717) is 11.5 Å². The lowest BCUT2D eigenvalue weighted by Crippen LogP contribution is -1.94. The van der Waals surface area contributed by atoms with Crippen molar-refractivity contribution in [3.63, 3.8) is 0 Å². The SMILES string of the molecule is C=C(F)Cc1cn(-c2cnccn2)cn1. The second-order valence-electron chi connectivity index (χ2n) is 3.03. The number of hydrogen-bond acceptors (Lipinski definition) is 3. The van der Waals surface area contributed by atoms with E-state index < -0.39 is 5.83 Å². The van der Waals surface area contributed by atoms with Crippen LogP contribution in [0.1, 0.15) is 5.69 Å². The molecule has 2 aromatic heterocycles. The summed E-state index contributed by atoms with van der Waals surface area (Å²) in [6.07, 6.45) is 8.19. The highest BCUT2D eigenvalue weighted by Crippen LogP contribution is 2.07. The Labute approximate surface area is 86.1 Å². The molecule has 15 heavy (non-hydrogen) atoms. The van der Waals surface area contributed by atoms with Gasteiger partial charge in [0.25, 0.3) is 0 Å². The quantitative estimate of drug-likeness (QED) is 0.764. The van der Waals surface area contributed by atoms with Gasteiger partial charge in [-0.3, -0.25) is 9.55 Å². The minimum atomic E-state index is -0.403. The summed E-state index contributed by atoms with van der Waals surface area (Å²) < 4.78 is 14.2. The summed E-state index contributed by atoms with van der Waals surface area (Å²) in [5.41, 5.74) is 0.619. The van der Waals surface area contributed by atoms with Crippen LogP contribution in [-0.2, 0) is 6.42 Å². The van der Waals surface area contributed by atoms with Crippen LogP contribution in [0.3, 0.4) is 0 Å². The molecule has 0 atom stereocenters. The van der Waals surface area contributed by atoms with Gasteiger partial charge in [0, 0.05) is 25.0 Å². The van der Waals surface area contributed by atoms with Crippen LogP contribution in [0.15, 0.2) is 43.5 Å². The number of allylic oxidation sites excluding steroid dienone is 1. The molecule has 4 nitrogen and oxygen atoms in total. The van der Waals surface area contributed by atoms with Crippen molar-refractivity contribution in [2.75, 3.05) is 0 Å². The van der Waals surface area contributed by atoms with Crippen LogP contribution in [0.2, 0.25) is 0 Å². The molecule has 0 aromatic carbocycles. The van der Waals surface area contributed by atoms with Crippen molar-refractivity contribution >= 4 is 0 Å². The number of nitrogens with zero attached hydrogens (tertiary/aromatic N) is 4. The van der Waals surface area contributed by atoms with Gasteiger partial charge in [-0.05, 0) is 0 Å². The molecule has 0 bridgehead atoms. The molecule has 5 heteroatoms. The molecule has 0 N–H and O–H groups in total. The summed E-state index contributed by atoms with van der Waals surface area (Å²) in [6.45, 7) is 3.19. The lowest BCUT2D eigenvalue weighted by atomic mass is 10.3. The molecule has 0 spiro atoms. The molecular weight excluding hydrogens is 195 g/mol. The second-order valence-corrected chi connectivity index (χ2v) is 3.03. The van der Waals surface area contributed by atoms with Gasteiger partial charge in [0.05, 0.1) is 17.7 Å². The molecule has 76 valence electrons. The van der Waals surface area contributed by atoms with Crippen LogP contribution in [0, 0.1) is 0 Å². The van der Waals surface area contributed by atoms with Crippen molar-refractivity contribution in [2.45, 2.75) is 6.42 Å².